The molecule has 1 aromatic rings. The average Bonchev–Trinajstić information content (AvgIpc) is 2.94. The highest BCUT2D eigenvalue weighted by Gasteiger charge is 2.37. The van der Waals surface area contributed by atoms with E-state index in [0.717, 1.165) is 11.1 Å². The molecule has 1 amide bonds. The number of hydrogen-bond acceptors (Lipinski definition) is 6. The molecule has 2 heterocycles. The van der Waals surface area contributed by atoms with Crippen molar-refractivity contribution in [1.29, 1.82) is 0 Å². The van der Waals surface area contributed by atoms with Gasteiger partial charge in [-0.15, -0.1) is 0 Å². The van der Waals surface area contributed by atoms with Gasteiger partial charge in [0.05, 0.1) is 19.2 Å². The minimum absolute atomic E-state index is 0.0186. The minimum Gasteiger partial charge on any atom is -0.481 e. The van der Waals surface area contributed by atoms with Crippen molar-refractivity contribution in [3.63, 3.8) is 0 Å². The van der Waals surface area contributed by atoms with Gasteiger partial charge in [-0.1, -0.05) is 0 Å². The van der Waals surface area contributed by atoms with Gasteiger partial charge in [-0.2, -0.15) is 0 Å². The Morgan fingerprint density at radius 3 is 2.89 bits per heavy atom. The van der Waals surface area contributed by atoms with Crippen molar-refractivity contribution in [2.45, 2.75) is 6.42 Å². The van der Waals surface area contributed by atoms with E-state index in [2.05, 4.69) is 9.72 Å². The lowest BCUT2D eigenvalue weighted by molar-refractivity contribution is -0.141. The third kappa shape index (κ3) is 2.04. The fourth-order valence-corrected chi connectivity index (χ4v) is 1.64. The summed E-state index contributed by atoms with van der Waals surface area (Å²) in [6.45, 7) is -0.0186. The highest BCUT2D eigenvalue weighted by Crippen LogP contribution is 2.25. The van der Waals surface area contributed by atoms with Crippen molar-refractivity contribution in [3.05, 3.63) is 12.0 Å². The molecule has 0 aromatic carbocycles. The van der Waals surface area contributed by atoms with Gasteiger partial charge in [0, 0.05) is 13.0 Å². The van der Waals surface area contributed by atoms with Crippen LogP contribution < -0.4 is 4.90 Å². The van der Waals surface area contributed by atoms with Gasteiger partial charge in [-0.3, -0.25) is 14.5 Å². The molecule has 1 saturated heterocycles. The molecule has 1 aliphatic rings. The first-order chi connectivity index (χ1) is 8.52. The summed E-state index contributed by atoms with van der Waals surface area (Å²) in [5, 5.41) is 8.82. The van der Waals surface area contributed by atoms with Crippen molar-refractivity contribution in [2.24, 2.45) is 5.92 Å². The Bertz CT molecular complexity index is 508. The number of hydrogen-bond donors (Lipinski definition) is 1. The molecule has 0 saturated carbocycles. The topological polar surface area (TPSA) is 110 Å². The van der Waals surface area contributed by atoms with Gasteiger partial charge in [-0.25, -0.2) is 9.78 Å². The predicted molar refractivity (Wildman–Crippen MR) is 55.9 cm³/mol. The summed E-state index contributed by atoms with van der Waals surface area (Å²) in [7, 11) is 1.19. The van der Waals surface area contributed by atoms with Crippen molar-refractivity contribution >= 4 is 23.9 Å². The highest BCUT2D eigenvalue weighted by molar-refractivity contribution is 5.98. The number of rotatable bonds is 3. The molecule has 8 nitrogen and oxygen atoms in total. The molecule has 0 bridgehead atoms. The molecule has 2 rings (SSSR count). The van der Waals surface area contributed by atoms with Crippen LogP contribution in [0.5, 0.6) is 0 Å². The lowest BCUT2D eigenvalue weighted by Crippen LogP contribution is -2.26. The van der Waals surface area contributed by atoms with E-state index in [1.54, 1.807) is 0 Å². The van der Waals surface area contributed by atoms with Crippen LogP contribution in [-0.4, -0.2) is 41.6 Å². The Morgan fingerprint density at radius 2 is 2.33 bits per heavy atom. The van der Waals surface area contributed by atoms with Crippen molar-refractivity contribution in [3.8, 4) is 0 Å². The standard InChI is InChI=1S/C10H10N2O6/c1-17-9(16)6-3-11-10(18-6)12-4-5(8(14)15)2-7(12)13/h3,5H,2,4H2,1H3,(H,14,15). The summed E-state index contributed by atoms with van der Waals surface area (Å²) < 4.78 is 9.47. The Balaban J connectivity index is 2.17. The number of aliphatic carboxylic acids is 1. The van der Waals surface area contributed by atoms with Crippen LogP contribution in [-0.2, 0) is 14.3 Å². The van der Waals surface area contributed by atoms with Gasteiger partial charge in [0.15, 0.2) is 0 Å². The average molecular weight is 254 g/mol. The molecule has 18 heavy (non-hydrogen) atoms. The zero-order valence-corrected chi connectivity index (χ0v) is 9.45. The maximum Gasteiger partial charge on any atom is 0.375 e. The van der Waals surface area contributed by atoms with E-state index in [1.807, 2.05) is 0 Å². The van der Waals surface area contributed by atoms with Gasteiger partial charge < -0.3 is 14.3 Å². The SMILES string of the molecule is COC(=O)c1cnc(N2CC(C(=O)O)CC2=O)o1. The number of carbonyl (C=O) groups excluding carboxylic acids is 2. The molecule has 1 aromatic heterocycles. The van der Waals surface area contributed by atoms with E-state index in [-0.39, 0.29) is 24.7 Å². The van der Waals surface area contributed by atoms with Crippen LogP contribution in [0.3, 0.4) is 0 Å². The van der Waals surface area contributed by atoms with Crippen molar-refractivity contribution < 1.29 is 28.6 Å². The van der Waals surface area contributed by atoms with Gasteiger partial charge >= 0.3 is 18.0 Å². The highest BCUT2D eigenvalue weighted by atomic mass is 16.5. The number of amides is 1. The van der Waals surface area contributed by atoms with Crippen LogP contribution in [0, 0.1) is 5.92 Å². The van der Waals surface area contributed by atoms with E-state index < -0.39 is 23.8 Å². The molecule has 0 radical (unpaired) electrons. The van der Waals surface area contributed by atoms with E-state index in [0.29, 0.717) is 0 Å². The Kier molecular flexibility index (Phi) is 3.00. The molecule has 1 aliphatic heterocycles. The number of carboxylic acid groups (broad SMARTS) is 1. The fraction of sp³-hybridized carbons (Fsp3) is 0.400. The first-order valence-electron chi connectivity index (χ1n) is 5.10. The second-order valence-electron chi connectivity index (χ2n) is 3.74. The minimum atomic E-state index is -1.05. The molecule has 1 N–H and O–H groups in total. The Hall–Kier alpha value is -2.38. The smallest absolute Gasteiger partial charge is 0.375 e. The molecule has 1 atom stereocenters. The van der Waals surface area contributed by atoms with E-state index >= 15 is 0 Å². The maximum absolute atomic E-state index is 11.6. The summed E-state index contributed by atoms with van der Waals surface area (Å²) in [4.78, 5) is 38.4. The second-order valence-corrected chi connectivity index (χ2v) is 3.74. The van der Waals surface area contributed by atoms with Crippen LogP contribution in [0.2, 0.25) is 0 Å². The van der Waals surface area contributed by atoms with E-state index in [9.17, 15) is 14.4 Å². The number of carboxylic acids is 1. The van der Waals surface area contributed by atoms with E-state index in [1.165, 1.54) is 7.11 Å². The third-order valence-corrected chi connectivity index (χ3v) is 2.59. The van der Waals surface area contributed by atoms with Crippen LogP contribution in [0.4, 0.5) is 6.01 Å². The molecular weight excluding hydrogens is 244 g/mol. The maximum atomic E-state index is 11.6. The summed E-state index contributed by atoms with van der Waals surface area (Å²) in [5.74, 6) is -3.09. The van der Waals surface area contributed by atoms with E-state index in [4.69, 9.17) is 9.52 Å². The molecule has 0 aliphatic carbocycles. The molecular formula is C10H10N2O6. The monoisotopic (exact) mass is 254 g/mol. The quantitative estimate of drug-likeness (QED) is 0.749. The fourth-order valence-electron chi connectivity index (χ4n) is 1.64. The molecule has 1 fully saturated rings. The number of esters is 1. The molecule has 96 valence electrons. The molecule has 0 spiro atoms. The number of oxazole rings is 1. The first kappa shape index (κ1) is 12.1. The van der Waals surface area contributed by atoms with Gasteiger partial charge in [0.1, 0.15) is 0 Å². The summed E-state index contributed by atoms with van der Waals surface area (Å²) >= 11 is 0. The number of aromatic nitrogens is 1. The summed E-state index contributed by atoms with van der Waals surface area (Å²) in [6.07, 6.45) is 1.02. The van der Waals surface area contributed by atoms with Crippen molar-refractivity contribution in [1.82, 2.24) is 4.98 Å². The van der Waals surface area contributed by atoms with Crippen LogP contribution in [0.1, 0.15) is 17.0 Å². The van der Waals surface area contributed by atoms with Crippen LogP contribution in [0.15, 0.2) is 10.6 Å². The zero-order valence-electron chi connectivity index (χ0n) is 9.45. The largest absolute Gasteiger partial charge is 0.481 e. The normalized spacial score (nSPS) is 19.1. The zero-order chi connectivity index (χ0) is 13.3. The lowest BCUT2D eigenvalue weighted by Gasteiger charge is -2.09. The second kappa shape index (κ2) is 4.47. The lowest BCUT2D eigenvalue weighted by atomic mass is 10.1. The summed E-state index contributed by atoms with van der Waals surface area (Å²) in [5.41, 5.74) is 0. The number of methoxy groups -OCH3 is 1. The summed E-state index contributed by atoms with van der Waals surface area (Å²) in [6, 6.07) is -0.0934. The first-order valence-corrected chi connectivity index (χ1v) is 5.10. The Morgan fingerprint density at radius 1 is 1.61 bits per heavy atom. The van der Waals surface area contributed by atoms with Gasteiger partial charge in [0.25, 0.3) is 0 Å². The van der Waals surface area contributed by atoms with Gasteiger partial charge in [0.2, 0.25) is 11.7 Å². The van der Waals surface area contributed by atoms with Crippen LogP contribution >= 0.6 is 0 Å². The number of carbonyl (C=O) groups is 3. The third-order valence-electron chi connectivity index (χ3n) is 2.59. The number of nitrogens with zero attached hydrogens (tertiary/aromatic N) is 2. The molecule has 1 unspecified atom stereocenters. The van der Waals surface area contributed by atoms with Gasteiger partial charge in [-0.05, 0) is 0 Å². The predicted octanol–water partition coefficient (Wildman–Crippen LogP) is -0.101. The number of anilines is 1. The molecule has 8 heteroatoms. The van der Waals surface area contributed by atoms with Crippen molar-refractivity contribution in [2.75, 3.05) is 18.6 Å². The Labute approximate surface area is 101 Å². The number of ether oxygens (including phenoxy) is 1. The van der Waals surface area contributed by atoms with Crippen LogP contribution in [0.25, 0.3) is 0 Å².